The van der Waals surface area contributed by atoms with Crippen LogP contribution in [-0.4, -0.2) is 14.5 Å². The third-order valence-corrected chi connectivity index (χ3v) is 4.35. The average molecular weight is 328 g/mol. The summed E-state index contributed by atoms with van der Waals surface area (Å²) in [5.41, 5.74) is 12.1. The minimum Gasteiger partial charge on any atom is -0.326 e. The summed E-state index contributed by atoms with van der Waals surface area (Å²) in [7, 11) is 0. The van der Waals surface area contributed by atoms with Crippen LogP contribution < -0.4 is 5.73 Å². The van der Waals surface area contributed by atoms with Crippen molar-refractivity contribution in [2.75, 3.05) is 0 Å². The number of imidazole rings is 1. The topological polar surface area (TPSA) is 56.7 Å². The van der Waals surface area contributed by atoms with Gasteiger partial charge < -0.3 is 10.3 Å². The molecule has 4 aromatic rings. The molecular weight excluding hydrogens is 308 g/mol. The van der Waals surface area contributed by atoms with Crippen LogP contribution in [0.5, 0.6) is 0 Å². The Balaban J connectivity index is 1.84. The molecule has 0 fully saturated rings. The lowest BCUT2D eigenvalue weighted by molar-refractivity contribution is 0.822. The summed E-state index contributed by atoms with van der Waals surface area (Å²) in [4.78, 5) is 9.49. The first-order valence-electron chi connectivity index (χ1n) is 8.41. The molecule has 0 atom stereocenters. The number of aryl methyl sites for hydroxylation is 1. The third kappa shape index (κ3) is 3.04. The number of aromatic nitrogens is 3. The fourth-order valence-corrected chi connectivity index (χ4v) is 3.03. The molecule has 0 amide bonds. The summed E-state index contributed by atoms with van der Waals surface area (Å²) in [6.07, 6.45) is 1.90. The largest absolute Gasteiger partial charge is 0.326 e. The number of fused-ring (bicyclic) bond motifs is 1. The standard InChI is InChI=1S/C21H20N4/c1-15-11-19-21(23-13-15)25(14-17-9-7-16(12-22)8-10-17)20(24-19)18-5-3-2-4-6-18/h2-11,13H,12,14,22H2,1H3. The summed E-state index contributed by atoms with van der Waals surface area (Å²) >= 11 is 0. The Morgan fingerprint density at radius 1 is 0.960 bits per heavy atom. The van der Waals surface area contributed by atoms with Crippen LogP contribution in [-0.2, 0) is 13.1 Å². The van der Waals surface area contributed by atoms with Gasteiger partial charge in [0.05, 0.1) is 6.54 Å². The Morgan fingerprint density at radius 3 is 2.40 bits per heavy atom. The van der Waals surface area contributed by atoms with E-state index in [2.05, 4.69) is 52.0 Å². The molecule has 0 spiro atoms. The van der Waals surface area contributed by atoms with E-state index in [0.717, 1.165) is 40.2 Å². The number of hydrogen-bond donors (Lipinski definition) is 1. The van der Waals surface area contributed by atoms with Gasteiger partial charge in [-0.15, -0.1) is 0 Å². The summed E-state index contributed by atoms with van der Waals surface area (Å²) in [5, 5.41) is 0. The molecule has 4 heteroatoms. The molecule has 4 rings (SSSR count). The van der Waals surface area contributed by atoms with Gasteiger partial charge in [-0.05, 0) is 29.7 Å². The number of rotatable bonds is 4. The number of benzene rings is 2. The van der Waals surface area contributed by atoms with Crippen LogP contribution in [0.25, 0.3) is 22.6 Å². The Bertz CT molecular complexity index is 1000. The first-order chi connectivity index (χ1) is 12.2. The van der Waals surface area contributed by atoms with Crippen molar-refractivity contribution in [1.29, 1.82) is 0 Å². The zero-order chi connectivity index (χ0) is 17.2. The van der Waals surface area contributed by atoms with Gasteiger partial charge in [-0.2, -0.15) is 0 Å². The Hall–Kier alpha value is -2.98. The molecule has 0 saturated carbocycles. The van der Waals surface area contributed by atoms with Crippen LogP contribution in [0.2, 0.25) is 0 Å². The van der Waals surface area contributed by atoms with E-state index in [9.17, 15) is 0 Å². The predicted octanol–water partition coefficient (Wildman–Crippen LogP) is 3.91. The van der Waals surface area contributed by atoms with Crippen molar-refractivity contribution < 1.29 is 0 Å². The third-order valence-electron chi connectivity index (χ3n) is 4.35. The van der Waals surface area contributed by atoms with Crippen LogP contribution in [0.15, 0.2) is 66.9 Å². The van der Waals surface area contributed by atoms with Crippen molar-refractivity contribution in [3.63, 3.8) is 0 Å². The van der Waals surface area contributed by atoms with E-state index in [1.54, 1.807) is 0 Å². The zero-order valence-electron chi connectivity index (χ0n) is 14.2. The highest BCUT2D eigenvalue weighted by Gasteiger charge is 2.14. The van der Waals surface area contributed by atoms with Crippen LogP contribution in [0.1, 0.15) is 16.7 Å². The predicted molar refractivity (Wildman–Crippen MR) is 101 cm³/mol. The van der Waals surface area contributed by atoms with E-state index in [0.29, 0.717) is 6.54 Å². The average Bonchev–Trinajstić information content (AvgIpc) is 3.00. The van der Waals surface area contributed by atoms with E-state index in [1.165, 1.54) is 5.56 Å². The lowest BCUT2D eigenvalue weighted by atomic mass is 10.1. The molecule has 2 aromatic carbocycles. The van der Waals surface area contributed by atoms with E-state index >= 15 is 0 Å². The molecule has 0 aliphatic rings. The van der Waals surface area contributed by atoms with Crippen molar-refractivity contribution in [3.05, 3.63) is 83.6 Å². The molecule has 0 aliphatic carbocycles. The molecular formula is C21H20N4. The van der Waals surface area contributed by atoms with Crippen molar-refractivity contribution in [2.24, 2.45) is 5.73 Å². The first-order valence-corrected chi connectivity index (χ1v) is 8.41. The molecule has 0 saturated heterocycles. The van der Waals surface area contributed by atoms with Crippen LogP contribution in [0, 0.1) is 6.92 Å². The maximum absolute atomic E-state index is 5.70. The smallest absolute Gasteiger partial charge is 0.160 e. The molecule has 0 aliphatic heterocycles. The van der Waals surface area contributed by atoms with Crippen molar-refractivity contribution in [3.8, 4) is 11.4 Å². The van der Waals surface area contributed by atoms with Crippen molar-refractivity contribution in [1.82, 2.24) is 14.5 Å². The fourth-order valence-electron chi connectivity index (χ4n) is 3.03. The Kier molecular flexibility index (Phi) is 4.04. The first kappa shape index (κ1) is 15.5. The van der Waals surface area contributed by atoms with Gasteiger partial charge in [-0.1, -0.05) is 54.6 Å². The van der Waals surface area contributed by atoms with E-state index in [4.69, 9.17) is 10.7 Å². The molecule has 2 N–H and O–H groups in total. The van der Waals surface area contributed by atoms with Gasteiger partial charge >= 0.3 is 0 Å². The molecule has 0 bridgehead atoms. The molecule has 4 nitrogen and oxygen atoms in total. The highest BCUT2D eigenvalue weighted by Crippen LogP contribution is 2.25. The number of nitrogens with two attached hydrogens (primary N) is 1. The number of hydrogen-bond acceptors (Lipinski definition) is 3. The fraction of sp³-hybridized carbons (Fsp3) is 0.143. The second kappa shape index (κ2) is 6.49. The molecule has 2 heterocycles. The maximum Gasteiger partial charge on any atom is 0.160 e. The zero-order valence-corrected chi connectivity index (χ0v) is 14.2. The van der Waals surface area contributed by atoms with Gasteiger partial charge in [0.25, 0.3) is 0 Å². The minimum atomic E-state index is 0.560. The molecule has 0 radical (unpaired) electrons. The lowest BCUT2D eigenvalue weighted by Crippen LogP contribution is -2.04. The minimum absolute atomic E-state index is 0.560. The van der Waals surface area contributed by atoms with Crippen molar-refractivity contribution >= 4 is 11.2 Å². The van der Waals surface area contributed by atoms with E-state index < -0.39 is 0 Å². The normalized spacial score (nSPS) is 11.1. The molecule has 25 heavy (non-hydrogen) atoms. The van der Waals surface area contributed by atoms with Crippen LogP contribution >= 0.6 is 0 Å². The molecule has 2 aromatic heterocycles. The van der Waals surface area contributed by atoms with Crippen LogP contribution in [0.4, 0.5) is 0 Å². The summed E-state index contributed by atoms with van der Waals surface area (Å²) in [6.45, 7) is 3.32. The monoisotopic (exact) mass is 328 g/mol. The highest BCUT2D eigenvalue weighted by molar-refractivity contribution is 5.77. The summed E-state index contributed by atoms with van der Waals surface area (Å²) in [5.74, 6) is 0.941. The van der Waals surface area contributed by atoms with Crippen molar-refractivity contribution in [2.45, 2.75) is 20.0 Å². The van der Waals surface area contributed by atoms with E-state index in [-0.39, 0.29) is 0 Å². The highest BCUT2D eigenvalue weighted by atomic mass is 15.1. The maximum atomic E-state index is 5.70. The van der Waals surface area contributed by atoms with Gasteiger partial charge in [0.1, 0.15) is 11.3 Å². The number of nitrogens with zero attached hydrogens (tertiary/aromatic N) is 3. The second-order valence-corrected chi connectivity index (χ2v) is 6.26. The molecule has 0 unspecified atom stereocenters. The van der Waals surface area contributed by atoms with Gasteiger partial charge in [0.2, 0.25) is 0 Å². The Labute approximate surface area is 147 Å². The van der Waals surface area contributed by atoms with E-state index in [1.807, 2.05) is 31.3 Å². The van der Waals surface area contributed by atoms with Gasteiger partial charge in [0, 0.05) is 18.3 Å². The summed E-state index contributed by atoms with van der Waals surface area (Å²) < 4.78 is 2.18. The van der Waals surface area contributed by atoms with Gasteiger partial charge in [-0.25, -0.2) is 9.97 Å². The second-order valence-electron chi connectivity index (χ2n) is 6.26. The SMILES string of the molecule is Cc1cnc2c(c1)nc(-c1ccccc1)n2Cc1ccc(CN)cc1. The summed E-state index contributed by atoms with van der Waals surface area (Å²) in [6, 6.07) is 20.7. The quantitative estimate of drug-likeness (QED) is 0.618. The number of pyridine rings is 1. The molecule has 124 valence electrons. The van der Waals surface area contributed by atoms with Gasteiger partial charge in [0.15, 0.2) is 5.65 Å². The Morgan fingerprint density at radius 2 is 1.68 bits per heavy atom. The van der Waals surface area contributed by atoms with Crippen LogP contribution in [0.3, 0.4) is 0 Å². The van der Waals surface area contributed by atoms with Gasteiger partial charge in [-0.3, -0.25) is 0 Å². The lowest BCUT2D eigenvalue weighted by Gasteiger charge is -2.10.